The van der Waals surface area contributed by atoms with E-state index in [0.29, 0.717) is 6.42 Å². The molecule has 1 aliphatic carbocycles. The fourth-order valence-corrected chi connectivity index (χ4v) is 3.36. The minimum Gasteiger partial charge on any atom is -0.349 e. The third-order valence-electron chi connectivity index (χ3n) is 4.65. The van der Waals surface area contributed by atoms with Crippen LogP contribution in [0.4, 0.5) is 0 Å². The Kier molecular flexibility index (Phi) is 7.52. The van der Waals surface area contributed by atoms with Crippen LogP contribution >= 0.6 is 0 Å². The third-order valence-corrected chi connectivity index (χ3v) is 4.65. The van der Waals surface area contributed by atoms with Crippen LogP contribution in [-0.4, -0.2) is 55.0 Å². The largest absolute Gasteiger partial charge is 0.349 e. The van der Waals surface area contributed by atoms with Crippen LogP contribution < -0.4 is 5.73 Å². The molecule has 0 spiro atoms. The van der Waals surface area contributed by atoms with Crippen molar-refractivity contribution < 1.29 is 4.79 Å². The van der Waals surface area contributed by atoms with Crippen LogP contribution in [-0.2, 0) is 4.79 Å². The lowest BCUT2D eigenvalue weighted by atomic mass is 9.80. The normalized spacial score (nSPS) is 18.2. The van der Waals surface area contributed by atoms with E-state index < -0.39 is 0 Å². The summed E-state index contributed by atoms with van der Waals surface area (Å²) in [6, 6.07) is 0. The molecule has 0 saturated heterocycles. The molecule has 20 heavy (non-hydrogen) atoms. The SMILES string of the molecule is CCCN(CCCC(=O)N(C)C)C1(CN)CCCCC1. The number of carbonyl (C=O) groups is 1. The summed E-state index contributed by atoms with van der Waals surface area (Å²) in [4.78, 5) is 16.0. The molecule has 0 aliphatic heterocycles. The minimum absolute atomic E-state index is 0.204. The smallest absolute Gasteiger partial charge is 0.222 e. The van der Waals surface area contributed by atoms with E-state index >= 15 is 0 Å². The molecule has 1 saturated carbocycles. The molecule has 0 radical (unpaired) electrons. The van der Waals surface area contributed by atoms with E-state index in [0.717, 1.165) is 32.5 Å². The average Bonchev–Trinajstić information content (AvgIpc) is 2.46. The number of nitrogens with two attached hydrogens (primary N) is 1. The molecule has 0 aromatic carbocycles. The topological polar surface area (TPSA) is 49.6 Å². The first-order valence-corrected chi connectivity index (χ1v) is 8.21. The fourth-order valence-electron chi connectivity index (χ4n) is 3.36. The zero-order chi connectivity index (χ0) is 15.0. The second-order valence-corrected chi connectivity index (χ2v) is 6.37. The third kappa shape index (κ3) is 4.74. The van der Waals surface area contributed by atoms with Crippen LogP contribution in [0.5, 0.6) is 0 Å². The molecule has 0 bridgehead atoms. The Morgan fingerprint density at radius 1 is 1.15 bits per heavy atom. The Bertz CT molecular complexity index is 285. The highest BCUT2D eigenvalue weighted by molar-refractivity contribution is 5.75. The quantitative estimate of drug-likeness (QED) is 0.743. The standard InChI is InChI=1S/C16H33N3O/c1-4-12-19(13-8-9-15(20)18(2)3)16(14-17)10-6-5-7-11-16/h4-14,17H2,1-3H3. The van der Waals surface area contributed by atoms with E-state index in [1.807, 2.05) is 14.1 Å². The maximum atomic E-state index is 11.7. The molecule has 4 nitrogen and oxygen atoms in total. The van der Waals surface area contributed by atoms with E-state index in [1.165, 1.54) is 32.1 Å². The van der Waals surface area contributed by atoms with Crippen molar-refractivity contribution in [3.8, 4) is 0 Å². The predicted molar refractivity (Wildman–Crippen MR) is 84.7 cm³/mol. The molecule has 118 valence electrons. The maximum absolute atomic E-state index is 11.7. The van der Waals surface area contributed by atoms with Gasteiger partial charge in [0.25, 0.3) is 0 Å². The van der Waals surface area contributed by atoms with E-state index in [9.17, 15) is 4.79 Å². The van der Waals surface area contributed by atoms with Gasteiger partial charge in [0.15, 0.2) is 0 Å². The number of amides is 1. The van der Waals surface area contributed by atoms with Gasteiger partial charge in [0.05, 0.1) is 0 Å². The summed E-state index contributed by atoms with van der Waals surface area (Å²) in [5, 5.41) is 0. The van der Waals surface area contributed by atoms with Gasteiger partial charge >= 0.3 is 0 Å². The Balaban J connectivity index is 2.55. The highest BCUT2D eigenvalue weighted by Crippen LogP contribution is 2.33. The van der Waals surface area contributed by atoms with Crippen LogP contribution in [0, 0.1) is 0 Å². The van der Waals surface area contributed by atoms with Crippen LogP contribution in [0.15, 0.2) is 0 Å². The summed E-state index contributed by atoms with van der Waals surface area (Å²) in [7, 11) is 3.66. The number of rotatable bonds is 8. The van der Waals surface area contributed by atoms with E-state index in [2.05, 4.69) is 11.8 Å². The van der Waals surface area contributed by atoms with Crippen LogP contribution in [0.2, 0.25) is 0 Å². The molecule has 0 atom stereocenters. The Morgan fingerprint density at radius 3 is 2.30 bits per heavy atom. The number of nitrogens with zero attached hydrogens (tertiary/aromatic N) is 2. The highest BCUT2D eigenvalue weighted by atomic mass is 16.2. The zero-order valence-corrected chi connectivity index (χ0v) is 13.7. The van der Waals surface area contributed by atoms with E-state index in [-0.39, 0.29) is 11.4 Å². The Labute approximate surface area is 124 Å². The lowest BCUT2D eigenvalue weighted by molar-refractivity contribution is -0.128. The molecule has 2 N–H and O–H groups in total. The average molecular weight is 283 g/mol. The molecule has 1 aliphatic rings. The first kappa shape index (κ1) is 17.4. The fraction of sp³-hybridized carbons (Fsp3) is 0.938. The number of hydrogen-bond acceptors (Lipinski definition) is 3. The van der Waals surface area contributed by atoms with Gasteiger partial charge in [0.2, 0.25) is 5.91 Å². The summed E-state index contributed by atoms with van der Waals surface area (Å²) in [6.07, 6.45) is 9.15. The molecular weight excluding hydrogens is 250 g/mol. The van der Waals surface area contributed by atoms with Crippen molar-refractivity contribution in [3.05, 3.63) is 0 Å². The summed E-state index contributed by atoms with van der Waals surface area (Å²) in [6.45, 7) is 5.09. The molecule has 0 heterocycles. The van der Waals surface area contributed by atoms with Crippen molar-refractivity contribution in [2.75, 3.05) is 33.7 Å². The molecule has 0 aromatic rings. The predicted octanol–water partition coefficient (Wildman–Crippen LogP) is 2.23. The Morgan fingerprint density at radius 2 is 1.80 bits per heavy atom. The van der Waals surface area contributed by atoms with Gasteiger partial charge in [-0.25, -0.2) is 0 Å². The molecular formula is C16H33N3O. The van der Waals surface area contributed by atoms with Crippen molar-refractivity contribution in [3.63, 3.8) is 0 Å². The second-order valence-electron chi connectivity index (χ2n) is 6.37. The first-order chi connectivity index (χ1) is 9.55. The molecule has 1 amide bonds. The molecule has 0 aromatic heterocycles. The van der Waals surface area contributed by atoms with Crippen molar-refractivity contribution in [2.45, 2.75) is 63.8 Å². The van der Waals surface area contributed by atoms with Gasteiger partial charge in [0, 0.05) is 32.6 Å². The second kappa shape index (κ2) is 8.63. The minimum atomic E-state index is 0.204. The van der Waals surface area contributed by atoms with Crippen LogP contribution in [0.25, 0.3) is 0 Å². The van der Waals surface area contributed by atoms with Crippen molar-refractivity contribution in [1.29, 1.82) is 0 Å². The summed E-state index contributed by atoms with van der Waals surface area (Å²) in [5.41, 5.74) is 6.34. The van der Waals surface area contributed by atoms with Gasteiger partial charge < -0.3 is 10.6 Å². The first-order valence-electron chi connectivity index (χ1n) is 8.21. The van der Waals surface area contributed by atoms with Gasteiger partial charge in [-0.15, -0.1) is 0 Å². The lowest BCUT2D eigenvalue weighted by Gasteiger charge is -2.46. The van der Waals surface area contributed by atoms with Crippen LogP contribution in [0.1, 0.15) is 58.3 Å². The van der Waals surface area contributed by atoms with Gasteiger partial charge in [-0.1, -0.05) is 26.2 Å². The molecule has 0 unspecified atom stereocenters. The zero-order valence-electron chi connectivity index (χ0n) is 13.7. The van der Waals surface area contributed by atoms with E-state index in [4.69, 9.17) is 5.73 Å². The highest BCUT2D eigenvalue weighted by Gasteiger charge is 2.35. The van der Waals surface area contributed by atoms with Gasteiger partial charge in [-0.3, -0.25) is 9.69 Å². The summed E-state index contributed by atoms with van der Waals surface area (Å²) in [5.74, 6) is 0.229. The monoisotopic (exact) mass is 283 g/mol. The summed E-state index contributed by atoms with van der Waals surface area (Å²) < 4.78 is 0. The lowest BCUT2D eigenvalue weighted by Crippen LogP contribution is -2.55. The Hall–Kier alpha value is -0.610. The van der Waals surface area contributed by atoms with Gasteiger partial charge in [0.1, 0.15) is 0 Å². The van der Waals surface area contributed by atoms with Crippen molar-refractivity contribution in [1.82, 2.24) is 9.80 Å². The number of hydrogen-bond donors (Lipinski definition) is 1. The van der Waals surface area contributed by atoms with Crippen molar-refractivity contribution in [2.24, 2.45) is 5.73 Å². The summed E-state index contributed by atoms with van der Waals surface area (Å²) >= 11 is 0. The maximum Gasteiger partial charge on any atom is 0.222 e. The van der Waals surface area contributed by atoms with Crippen LogP contribution in [0.3, 0.4) is 0 Å². The van der Waals surface area contributed by atoms with Gasteiger partial charge in [-0.05, 0) is 38.8 Å². The number of carbonyl (C=O) groups excluding carboxylic acids is 1. The molecule has 1 rings (SSSR count). The van der Waals surface area contributed by atoms with Gasteiger partial charge in [-0.2, -0.15) is 0 Å². The van der Waals surface area contributed by atoms with E-state index in [1.54, 1.807) is 4.90 Å². The molecule has 4 heteroatoms. The van der Waals surface area contributed by atoms with Crippen molar-refractivity contribution >= 4 is 5.91 Å². The molecule has 1 fully saturated rings.